The van der Waals surface area contributed by atoms with Gasteiger partial charge in [-0.15, -0.1) is 0 Å². The molecule has 0 unspecified atom stereocenters. The van der Waals surface area contributed by atoms with Crippen LogP contribution >= 0.6 is 0 Å². The van der Waals surface area contributed by atoms with Crippen LogP contribution in [0.15, 0.2) is 29.4 Å². The molecule has 7 nitrogen and oxygen atoms in total. The van der Waals surface area contributed by atoms with Gasteiger partial charge in [0.1, 0.15) is 12.4 Å². The zero-order valence-corrected chi connectivity index (χ0v) is 11.4. The summed E-state index contributed by atoms with van der Waals surface area (Å²) < 4.78 is 5.49. The average molecular weight is 283 g/mol. The van der Waals surface area contributed by atoms with Gasteiger partial charge in [0.05, 0.1) is 18.8 Å². The Morgan fingerprint density at radius 2 is 1.90 bits per heavy atom. The quantitative estimate of drug-likeness (QED) is 0.144. The first-order chi connectivity index (χ1) is 9.54. The minimum absolute atomic E-state index is 0.0416. The molecule has 0 aliphatic heterocycles. The molecule has 1 aromatic carbocycles. The standard InChI is InChI=1S/C13H21N3O4/c1-13(8-17,9-18)15-6-7-20-11-4-2-10(3-5-11)12(14)16-19/h2-5,15,17-19H,6-9H2,1H3,(H2,14,16). The number of aliphatic hydroxyl groups excluding tert-OH is 2. The lowest BCUT2D eigenvalue weighted by Crippen LogP contribution is -2.50. The number of hydrogen-bond acceptors (Lipinski definition) is 6. The Bertz CT molecular complexity index is 430. The highest BCUT2D eigenvalue weighted by Crippen LogP contribution is 2.11. The lowest BCUT2D eigenvalue weighted by molar-refractivity contribution is 0.101. The molecule has 1 aromatic rings. The fraction of sp³-hybridized carbons (Fsp3) is 0.462. The highest BCUT2D eigenvalue weighted by molar-refractivity contribution is 5.97. The molecule has 0 atom stereocenters. The second-order valence-corrected chi connectivity index (χ2v) is 4.66. The van der Waals surface area contributed by atoms with E-state index in [4.69, 9.17) is 25.9 Å². The van der Waals surface area contributed by atoms with Gasteiger partial charge >= 0.3 is 0 Å². The van der Waals surface area contributed by atoms with Gasteiger partial charge in [0, 0.05) is 12.1 Å². The van der Waals surface area contributed by atoms with E-state index < -0.39 is 5.54 Å². The van der Waals surface area contributed by atoms with Gasteiger partial charge in [-0.1, -0.05) is 5.16 Å². The summed E-state index contributed by atoms with van der Waals surface area (Å²) in [6.45, 7) is 2.28. The van der Waals surface area contributed by atoms with E-state index >= 15 is 0 Å². The predicted octanol–water partition coefficient (Wildman–Crippen LogP) is -0.507. The maximum atomic E-state index is 9.10. The van der Waals surface area contributed by atoms with E-state index in [-0.39, 0.29) is 19.0 Å². The van der Waals surface area contributed by atoms with Crippen molar-refractivity contribution >= 4 is 5.84 Å². The van der Waals surface area contributed by atoms with Gasteiger partial charge in [-0.3, -0.25) is 0 Å². The molecule has 0 saturated carbocycles. The van der Waals surface area contributed by atoms with E-state index in [1.165, 1.54) is 0 Å². The predicted molar refractivity (Wildman–Crippen MR) is 75.0 cm³/mol. The van der Waals surface area contributed by atoms with Crippen LogP contribution in [0.3, 0.4) is 0 Å². The molecule has 0 fully saturated rings. The number of aliphatic hydroxyl groups is 2. The van der Waals surface area contributed by atoms with E-state index in [0.717, 1.165) is 0 Å². The van der Waals surface area contributed by atoms with Crippen LogP contribution in [0, 0.1) is 0 Å². The van der Waals surface area contributed by atoms with Crippen molar-refractivity contribution in [3.63, 3.8) is 0 Å². The van der Waals surface area contributed by atoms with Crippen molar-refractivity contribution in [2.75, 3.05) is 26.4 Å². The zero-order valence-electron chi connectivity index (χ0n) is 11.4. The number of amidine groups is 1. The van der Waals surface area contributed by atoms with E-state index in [1.807, 2.05) is 0 Å². The van der Waals surface area contributed by atoms with Crippen molar-refractivity contribution in [2.24, 2.45) is 10.9 Å². The number of benzene rings is 1. The summed E-state index contributed by atoms with van der Waals surface area (Å²) >= 11 is 0. The van der Waals surface area contributed by atoms with Crippen molar-refractivity contribution in [2.45, 2.75) is 12.5 Å². The topological polar surface area (TPSA) is 120 Å². The van der Waals surface area contributed by atoms with Crippen molar-refractivity contribution in [3.8, 4) is 5.75 Å². The average Bonchev–Trinajstić information content (AvgIpc) is 2.51. The summed E-state index contributed by atoms with van der Waals surface area (Å²) in [5.41, 5.74) is 5.34. The van der Waals surface area contributed by atoms with Crippen LogP contribution < -0.4 is 15.8 Å². The van der Waals surface area contributed by atoms with Crippen LogP contribution in [0.4, 0.5) is 0 Å². The lowest BCUT2D eigenvalue weighted by atomic mass is 10.1. The third-order valence-corrected chi connectivity index (χ3v) is 2.88. The second-order valence-electron chi connectivity index (χ2n) is 4.66. The van der Waals surface area contributed by atoms with Gasteiger partial charge in [0.15, 0.2) is 5.84 Å². The Morgan fingerprint density at radius 1 is 1.30 bits per heavy atom. The molecule has 0 spiro atoms. The van der Waals surface area contributed by atoms with E-state index in [1.54, 1.807) is 31.2 Å². The van der Waals surface area contributed by atoms with Gasteiger partial charge in [0.2, 0.25) is 0 Å². The minimum atomic E-state index is -0.709. The number of nitrogens with zero attached hydrogens (tertiary/aromatic N) is 1. The smallest absolute Gasteiger partial charge is 0.170 e. The largest absolute Gasteiger partial charge is 0.492 e. The minimum Gasteiger partial charge on any atom is -0.492 e. The summed E-state index contributed by atoms with van der Waals surface area (Å²) in [4.78, 5) is 0. The van der Waals surface area contributed by atoms with E-state index in [9.17, 15) is 0 Å². The molecule has 1 rings (SSSR count). The van der Waals surface area contributed by atoms with Gasteiger partial charge < -0.3 is 31.2 Å². The second kappa shape index (κ2) is 7.68. The number of ether oxygens (including phenoxy) is 1. The van der Waals surface area contributed by atoms with Crippen LogP contribution in [0.2, 0.25) is 0 Å². The molecule has 0 aliphatic carbocycles. The highest BCUT2D eigenvalue weighted by atomic mass is 16.5. The van der Waals surface area contributed by atoms with Crippen LogP contribution in [-0.2, 0) is 0 Å². The van der Waals surface area contributed by atoms with Crippen molar-refractivity contribution in [1.29, 1.82) is 0 Å². The molecule has 7 heteroatoms. The van der Waals surface area contributed by atoms with Crippen LogP contribution in [0.5, 0.6) is 5.75 Å². The number of rotatable bonds is 8. The fourth-order valence-electron chi connectivity index (χ4n) is 1.46. The Hall–Kier alpha value is -1.83. The molecule has 6 N–H and O–H groups in total. The molecule has 0 heterocycles. The van der Waals surface area contributed by atoms with Gasteiger partial charge in [-0.2, -0.15) is 0 Å². The Labute approximate surface area is 117 Å². The number of oxime groups is 1. The maximum absolute atomic E-state index is 9.10. The Kier molecular flexibility index (Phi) is 6.23. The molecular weight excluding hydrogens is 262 g/mol. The van der Waals surface area contributed by atoms with Gasteiger partial charge in [0.25, 0.3) is 0 Å². The van der Waals surface area contributed by atoms with Gasteiger partial charge in [-0.25, -0.2) is 0 Å². The number of nitrogens with two attached hydrogens (primary N) is 1. The molecule has 0 aromatic heterocycles. The molecule has 112 valence electrons. The van der Waals surface area contributed by atoms with E-state index in [2.05, 4.69) is 10.5 Å². The Morgan fingerprint density at radius 3 is 2.40 bits per heavy atom. The lowest BCUT2D eigenvalue weighted by Gasteiger charge is -2.26. The van der Waals surface area contributed by atoms with Crippen molar-refractivity contribution in [3.05, 3.63) is 29.8 Å². The normalized spacial score (nSPS) is 12.4. The third kappa shape index (κ3) is 4.69. The van der Waals surface area contributed by atoms with Crippen molar-refractivity contribution in [1.82, 2.24) is 5.32 Å². The zero-order chi connectivity index (χ0) is 15.0. The third-order valence-electron chi connectivity index (χ3n) is 2.88. The molecule has 0 saturated heterocycles. The number of hydrogen-bond donors (Lipinski definition) is 5. The summed E-state index contributed by atoms with van der Waals surface area (Å²) in [7, 11) is 0. The Balaban J connectivity index is 2.40. The first-order valence-electron chi connectivity index (χ1n) is 6.22. The number of nitrogens with one attached hydrogen (secondary N) is 1. The molecule has 0 bridgehead atoms. The van der Waals surface area contributed by atoms with Crippen LogP contribution in [-0.4, -0.2) is 53.2 Å². The fourth-order valence-corrected chi connectivity index (χ4v) is 1.46. The molecular formula is C13H21N3O4. The summed E-state index contributed by atoms with van der Waals surface area (Å²) in [5, 5.41) is 32.7. The van der Waals surface area contributed by atoms with Gasteiger partial charge in [-0.05, 0) is 31.2 Å². The summed E-state index contributed by atoms with van der Waals surface area (Å²) in [6, 6.07) is 6.79. The molecule has 0 radical (unpaired) electrons. The highest BCUT2D eigenvalue weighted by Gasteiger charge is 2.20. The van der Waals surface area contributed by atoms with Crippen molar-refractivity contribution < 1.29 is 20.2 Å². The molecule has 0 amide bonds. The first-order valence-corrected chi connectivity index (χ1v) is 6.22. The van der Waals surface area contributed by atoms with E-state index in [0.29, 0.717) is 24.5 Å². The molecule has 0 aliphatic rings. The summed E-state index contributed by atoms with van der Waals surface area (Å²) in [5.74, 6) is 0.691. The molecule has 20 heavy (non-hydrogen) atoms. The van der Waals surface area contributed by atoms with Crippen LogP contribution in [0.25, 0.3) is 0 Å². The first kappa shape index (κ1) is 16.2. The maximum Gasteiger partial charge on any atom is 0.170 e. The SMILES string of the molecule is CC(CO)(CO)NCCOc1ccc(/C(N)=N/O)cc1. The summed E-state index contributed by atoms with van der Waals surface area (Å²) in [6.07, 6.45) is 0. The monoisotopic (exact) mass is 283 g/mol. The van der Waals surface area contributed by atoms with Crippen LogP contribution in [0.1, 0.15) is 12.5 Å².